The number of amides is 1. The summed E-state index contributed by atoms with van der Waals surface area (Å²) in [5.41, 5.74) is 0.193. The van der Waals surface area contributed by atoms with Gasteiger partial charge in [0.2, 0.25) is 0 Å². The van der Waals surface area contributed by atoms with Gasteiger partial charge in [-0.25, -0.2) is 8.78 Å². The number of carbonyl (C=O) groups excluding carboxylic acids is 1. The van der Waals surface area contributed by atoms with Crippen molar-refractivity contribution < 1.29 is 13.6 Å². The summed E-state index contributed by atoms with van der Waals surface area (Å²) in [6, 6.07) is 3.46. The molecule has 5 heteroatoms. The number of rotatable bonds is 1. The zero-order valence-electron chi connectivity index (χ0n) is 9.54. The normalized spacial score (nSPS) is 20.4. The Morgan fingerprint density at radius 3 is 2.82 bits per heavy atom. The molecule has 1 fully saturated rings. The average molecular weight is 240 g/mol. The van der Waals surface area contributed by atoms with Gasteiger partial charge in [-0.3, -0.25) is 4.79 Å². The molecule has 0 bridgehead atoms. The fourth-order valence-corrected chi connectivity index (χ4v) is 1.93. The molecule has 0 aliphatic carbocycles. The lowest BCUT2D eigenvalue weighted by Gasteiger charge is -2.31. The van der Waals surface area contributed by atoms with Gasteiger partial charge in [0.25, 0.3) is 5.91 Å². The minimum atomic E-state index is -0.987. The highest BCUT2D eigenvalue weighted by Crippen LogP contribution is 2.12. The molecule has 1 atom stereocenters. The average Bonchev–Trinajstić information content (AvgIpc) is 2.32. The molecule has 0 aromatic heterocycles. The second kappa shape index (κ2) is 4.79. The number of piperazine rings is 1. The number of carbonyl (C=O) groups is 1. The lowest BCUT2D eigenvalue weighted by atomic mass is 10.1. The van der Waals surface area contributed by atoms with Crippen LogP contribution in [0.15, 0.2) is 18.2 Å². The highest BCUT2D eigenvalue weighted by atomic mass is 19.2. The molecule has 1 aliphatic heterocycles. The van der Waals surface area contributed by atoms with Crippen molar-refractivity contribution in [1.82, 2.24) is 10.2 Å². The SMILES string of the molecule is C[C@H]1CN(C(=O)c2ccc(F)c(F)c2)CCN1. The second-order valence-corrected chi connectivity index (χ2v) is 4.24. The Hall–Kier alpha value is -1.49. The fraction of sp³-hybridized carbons (Fsp3) is 0.417. The van der Waals surface area contributed by atoms with Crippen molar-refractivity contribution in [1.29, 1.82) is 0 Å². The van der Waals surface area contributed by atoms with E-state index in [2.05, 4.69) is 5.32 Å². The Morgan fingerprint density at radius 2 is 2.18 bits per heavy atom. The summed E-state index contributed by atoms with van der Waals surface area (Å²) in [5.74, 6) is -2.17. The zero-order chi connectivity index (χ0) is 12.4. The molecular formula is C12H14F2N2O. The largest absolute Gasteiger partial charge is 0.336 e. The summed E-state index contributed by atoms with van der Waals surface area (Å²) in [5, 5.41) is 3.21. The number of hydrogen-bond donors (Lipinski definition) is 1. The van der Waals surface area contributed by atoms with E-state index in [0.29, 0.717) is 13.1 Å². The van der Waals surface area contributed by atoms with Crippen LogP contribution < -0.4 is 5.32 Å². The Kier molecular flexibility index (Phi) is 3.38. The molecule has 2 rings (SSSR count). The molecular weight excluding hydrogens is 226 g/mol. The van der Waals surface area contributed by atoms with Gasteiger partial charge in [0, 0.05) is 31.2 Å². The van der Waals surface area contributed by atoms with Crippen LogP contribution in [-0.2, 0) is 0 Å². The third-order valence-electron chi connectivity index (χ3n) is 2.82. The Bertz CT molecular complexity index is 437. The van der Waals surface area contributed by atoms with Crippen LogP contribution in [0.1, 0.15) is 17.3 Å². The molecule has 0 spiro atoms. The van der Waals surface area contributed by atoms with E-state index in [1.165, 1.54) is 6.07 Å². The monoisotopic (exact) mass is 240 g/mol. The van der Waals surface area contributed by atoms with Gasteiger partial charge in [0.05, 0.1) is 0 Å². The first-order chi connectivity index (χ1) is 8.08. The van der Waals surface area contributed by atoms with E-state index in [4.69, 9.17) is 0 Å². The van der Waals surface area contributed by atoms with Crippen molar-refractivity contribution in [2.75, 3.05) is 19.6 Å². The predicted molar refractivity (Wildman–Crippen MR) is 59.7 cm³/mol. The van der Waals surface area contributed by atoms with Gasteiger partial charge in [-0.2, -0.15) is 0 Å². The quantitative estimate of drug-likeness (QED) is 0.804. The van der Waals surface area contributed by atoms with Crippen molar-refractivity contribution in [3.05, 3.63) is 35.4 Å². The number of nitrogens with zero attached hydrogens (tertiary/aromatic N) is 1. The Labute approximate surface area is 98.4 Å². The lowest BCUT2D eigenvalue weighted by Crippen LogP contribution is -2.51. The number of benzene rings is 1. The van der Waals surface area contributed by atoms with E-state index in [1.54, 1.807) is 4.90 Å². The van der Waals surface area contributed by atoms with Gasteiger partial charge in [-0.1, -0.05) is 0 Å². The van der Waals surface area contributed by atoms with E-state index in [0.717, 1.165) is 18.7 Å². The molecule has 1 aromatic carbocycles. The Balaban J connectivity index is 2.15. The van der Waals surface area contributed by atoms with Crippen LogP contribution in [0.3, 0.4) is 0 Å². The lowest BCUT2D eigenvalue weighted by molar-refractivity contribution is 0.0708. The van der Waals surface area contributed by atoms with E-state index in [-0.39, 0.29) is 17.5 Å². The maximum atomic E-state index is 13.0. The second-order valence-electron chi connectivity index (χ2n) is 4.24. The van der Waals surface area contributed by atoms with Crippen LogP contribution in [0, 0.1) is 11.6 Å². The molecule has 1 N–H and O–H groups in total. The summed E-state index contributed by atoms with van der Waals surface area (Å²) in [6.45, 7) is 3.86. The summed E-state index contributed by atoms with van der Waals surface area (Å²) < 4.78 is 25.8. The molecule has 92 valence electrons. The maximum Gasteiger partial charge on any atom is 0.254 e. The highest BCUT2D eigenvalue weighted by Gasteiger charge is 2.22. The van der Waals surface area contributed by atoms with E-state index < -0.39 is 11.6 Å². The van der Waals surface area contributed by atoms with Gasteiger partial charge >= 0.3 is 0 Å². The summed E-state index contributed by atoms with van der Waals surface area (Å²) in [7, 11) is 0. The molecule has 1 aromatic rings. The highest BCUT2D eigenvalue weighted by molar-refractivity contribution is 5.94. The topological polar surface area (TPSA) is 32.3 Å². The standard InChI is InChI=1S/C12H14F2N2O/c1-8-7-16(5-4-15-8)12(17)9-2-3-10(13)11(14)6-9/h2-3,6,8,15H,4-5,7H2,1H3/t8-/m0/s1. The van der Waals surface area contributed by atoms with E-state index in [9.17, 15) is 13.6 Å². The van der Waals surface area contributed by atoms with Crippen LogP contribution in [-0.4, -0.2) is 36.5 Å². The van der Waals surface area contributed by atoms with Gasteiger partial charge in [0.15, 0.2) is 11.6 Å². The van der Waals surface area contributed by atoms with E-state index >= 15 is 0 Å². The molecule has 1 saturated heterocycles. The third-order valence-corrected chi connectivity index (χ3v) is 2.82. The van der Waals surface area contributed by atoms with E-state index in [1.807, 2.05) is 6.92 Å². The van der Waals surface area contributed by atoms with Crippen molar-refractivity contribution in [2.45, 2.75) is 13.0 Å². The predicted octanol–water partition coefficient (Wildman–Crippen LogP) is 1.40. The minimum absolute atomic E-state index is 0.193. The first-order valence-electron chi connectivity index (χ1n) is 5.55. The van der Waals surface area contributed by atoms with Crippen molar-refractivity contribution in [2.24, 2.45) is 0 Å². The molecule has 1 heterocycles. The molecule has 0 unspecified atom stereocenters. The van der Waals surface area contributed by atoms with Gasteiger partial charge < -0.3 is 10.2 Å². The summed E-state index contributed by atoms with van der Waals surface area (Å²) in [4.78, 5) is 13.7. The van der Waals surface area contributed by atoms with Gasteiger partial charge in [0.1, 0.15) is 0 Å². The number of nitrogens with one attached hydrogen (secondary N) is 1. The van der Waals surface area contributed by atoms with Gasteiger partial charge in [-0.05, 0) is 25.1 Å². The zero-order valence-corrected chi connectivity index (χ0v) is 9.54. The molecule has 1 aliphatic rings. The fourth-order valence-electron chi connectivity index (χ4n) is 1.93. The number of halogens is 2. The molecule has 3 nitrogen and oxygen atoms in total. The van der Waals surface area contributed by atoms with Gasteiger partial charge in [-0.15, -0.1) is 0 Å². The third kappa shape index (κ3) is 2.61. The minimum Gasteiger partial charge on any atom is -0.336 e. The summed E-state index contributed by atoms with van der Waals surface area (Å²) >= 11 is 0. The maximum absolute atomic E-state index is 13.0. The van der Waals surface area contributed by atoms with Crippen LogP contribution in [0.5, 0.6) is 0 Å². The first kappa shape index (κ1) is 12.0. The smallest absolute Gasteiger partial charge is 0.254 e. The van der Waals surface area contributed by atoms with Crippen LogP contribution in [0.4, 0.5) is 8.78 Å². The van der Waals surface area contributed by atoms with Crippen molar-refractivity contribution in [3.8, 4) is 0 Å². The van der Waals surface area contributed by atoms with Crippen LogP contribution >= 0.6 is 0 Å². The number of hydrogen-bond acceptors (Lipinski definition) is 2. The first-order valence-corrected chi connectivity index (χ1v) is 5.55. The molecule has 17 heavy (non-hydrogen) atoms. The molecule has 1 amide bonds. The summed E-state index contributed by atoms with van der Waals surface area (Å²) in [6.07, 6.45) is 0. The van der Waals surface area contributed by atoms with Crippen molar-refractivity contribution >= 4 is 5.91 Å². The molecule has 0 saturated carbocycles. The van der Waals surface area contributed by atoms with Crippen LogP contribution in [0.25, 0.3) is 0 Å². The Morgan fingerprint density at radius 1 is 1.41 bits per heavy atom. The van der Waals surface area contributed by atoms with Crippen molar-refractivity contribution in [3.63, 3.8) is 0 Å². The van der Waals surface area contributed by atoms with Crippen LogP contribution in [0.2, 0.25) is 0 Å². The molecule has 0 radical (unpaired) electrons.